The standard InChI is InChI=1S/C14H16.2BF4.Fe/c1-11(2)13-9-5-6-10-14(13)12-7-3-4-8-12;2*2-1(3,4)5;/h3-12H,1-2H3;;;/q;2*-1;+2. The maximum absolute atomic E-state index is 9.75. The minimum Gasteiger partial charge on any atom is -0.418 e. The summed E-state index contributed by atoms with van der Waals surface area (Å²) in [7, 11) is -12.0. The molecule has 0 nitrogen and oxygen atoms in total. The molecular weight excluding hydrogens is 398 g/mol. The van der Waals surface area contributed by atoms with Gasteiger partial charge in [-0.2, -0.15) is 0 Å². The van der Waals surface area contributed by atoms with E-state index in [-0.39, 0.29) is 17.1 Å². The molecule has 0 N–H and O–H groups in total. The van der Waals surface area contributed by atoms with Crippen molar-refractivity contribution in [2.24, 2.45) is 0 Å². The molecular formula is C14H16B2F8Fe. The summed E-state index contributed by atoms with van der Waals surface area (Å²) >= 11 is 0. The van der Waals surface area contributed by atoms with Gasteiger partial charge in [0.15, 0.2) is 0 Å². The molecule has 1 aliphatic carbocycles. The van der Waals surface area contributed by atoms with E-state index in [4.69, 9.17) is 0 Å². The summed E-state index contributed by atoms with van der Waals surface area (Å²) in [5.74, 6) is 1.10. The molecule has 1 aromatic rings. The number of hydrogen-bond donors (Lipinski definition) is 0. The first-order valence-electron chi connectivity index (χ1n) is 6.97. The van der Waals surface area contributed by atoms with E-state index in [1.165, 1.54) is 11.1 Å². The number of benzene rings is 1. The van der Waals surface area contributed by atoms with Crippen molar-refractivity contribution in [2.45, 2.75) is 25.7 Å². The molecule has 0 aliphatic heterocycles. The van der Waals surface area contributed by atoms with Crippen LogP contribution in [0.3, 0.4) is 0 Å². The van der Waals surface area contributed by atoms with Crippen LogP contribution in [-0.4, -0.2) is 14.5 Å². The van der Waals surface area contributed by atoms with Crippen LogP contribution in [0.25, 0.3) is 0 Å². The van der Waals surface area contributed by atoms with Gasteiger partial charge in [-0.1, -0.05) is 62.4 Å². The average Bonchev–Trinajstić information content (AvgIpc) is 2.88. The third-order valence-corrected chi connectivity index (χ3v) is 2.73. The molecule has 0 spiro atoms. The Labute approximate surface area is 152 Å². The Hall–Kier alpha value is -1.21. The summed E-state index contributed by atoms with van der Waals surface area (Å²) in [6.45, 7) is 4.50. The van der Waals surface area contributed by atoms with E-state index in [9.17, 15) is 34.5 Å². The smallest absolute Gasteiger partial charge is 0.418 e. The summed E-state index contributed by atoms with van der Waals surface area (Å²) < 4.78 is 78.0. The second kappa shape index (κ2) is 11.4. The van der Waals surface area contributed by atoms with E-state index in [1.54, 1.807) is 0 Å². The van der Waals surface area contributed by atoms with Crippen molar-refractivity contribution in [3.8, 4) is 0 Å². The Balaban J connectivity index is 0. The Morgan fingerprint density at radius 1 is 0.760 bits per heavy atom. The predicted molar refractivity (Wildman–Crippen MR) is 81.9 cm³/mol. The van der Waals surface area contributed by atoms with Crippen LogP contribution in [0.5, 0.6) is 0 Å². The van der Waals surface area contributed by atoms with Crippen molar-refractivity contribution >= 4 is 14.5 Å². The second-order valence-electron chi connectivity index (χ2n) is 5.07. The molecule has 0 fully saturated rings. The van der Waals surface area contributed by atoms with E-state index in [2.05, 4.69) is 62.4 Å². The molecule has 0 bridgehead atoms. The van der Waals surface area contributed by atoms with Crippen LogP contribution in [0.1, 0.15) is 36.8 Å². The van der Waals surface area contributed by atoms with E-state index >= 15 is 0 Å². The van der Waals surface area contributed by atoms with Gasteiger partial charge in [0.2, 0.25) is 0 Å². The average molecular weight is 414 g/mol. The van der Waals surface area contributed by atoms with Gasteiger partial charge in [0.1, 0.15) is 0 Å². The molecule has 0 saturated heterocycles. The van der Waals surface area contributed by atoms with Gasteiger partial charge in [-0.05, 0) is 17.0 Å². The van der Waals surface area contributed by atoms with Crippen LogP contribution in [-0.2, 0) is 17.1 Å². The zero-order valence-corrected chi connectivity index (χ0v) is 14.4. The number of allylic oxidation sites excluding steroid dienone is 4. The van der Waals surface area contributed by atoms with Crippen LogP contribution in [0.4, 0.5) is 34.5 Å². The maximum atomic E-state index is 9.75. The molecule has 0 atom stereocenters. The predicted octanol–water partition coefficient (Wildman–Crippen LogP) is 6.62. The molecule has 25 heavy (non-hydrogen) atoms. The van der Waals surface area contributed by atoms with E-state index < -0.39 is 14.5 Å². The number of rotatable bonds is 2. The molecule has 0 aromatic heterocycles. The molecule has 1 aliphatic rings. The summed E-state index contributed by atoms with van der Waals surface area (Å²) in [4.78, 5) is 0. The zero-order valence-electron chi connectivity index (χ0n) is 13.3. The van der Waals surface area contributed by atoms with Gasteiger partial charge in [0, 0.05) is 5.92 Å². The first kappa shape index (κ1) is 26.0. The van der Waals surface area contributed by atoms with Crippen LogP contribution in [0.15, 0.2) is 48.6 Å². The molecule has 0 heterocycles. The fourth-order valence-electron chi connectivity index (χ4n) is 1.98. The van der Waals surface area contributed by atoms with Crippen molar-refractivity contribution in [1.29, 1.82) is 0 Å². The van der Waals surface area contributed by atoms with Crippen molar-refractivity contribution in [1.82, 2.24) is 0 Å². The third-order valence-electron chi connectivity index (χ3n) is 2.73. The summed E-state index contributed by atoms with van der Waals surface area (Å²) in [6.07, 6.45) is 8.76. The van der Waals surface area contributed by atoms with Crippen molar-refractivity contribution in [2.75, 3.05) is 0 Å². The molecule has 11 heteroatoms. The monoisotopic (exact) mass is 414 g/mol. The number of halogens is 8. The van der Waals surface area contributed by atoms with Crippen molar-refractivity contribution in [3.63, 3.8) is 0 Å². The van der Waals surface area contributed by atoms with Crippen LogP contribution >= 0.6 is 0 Å². The summed E-state index contributed by atoms with van der Waals surface area (Å²) in [6, 6.07) is 8.72. The van der Waals surface area contributed by atoms with Gasteiger partial charge in [-0.3, -0.25) is 0 Å². The topological polar surface area (TPSA) is 0 Å². The summed E-state index contributed by atoms with van der Waals surface area (Å²) in [5, 5.41) is 0. The second-order valence-corrected chi connectivity index (χ2v) is 5.07. The van der Waals surface area contributed by atoms with E-state index in [1.807, 2.05) is 0 Å². The molecule has 2 rings (SSSR count). The molecule has 0 radical (unpaired) electrons. The summed E-state index contributed by atoms with van der Waals surface area (Å²) in [5.41, 5.74) is 2.92. The maximum Gasteiger partial charge on any atom is 2.00 e. The van der Waals surface area contributed by atoms with Gasteiger partial charge < -0.3 is 34.5 Å². The number of hydrogen-bond acceptors (Lipinski definition) is 0. The fourth-order valence-corrected chi connectivity index (χ4v) is 1.98. The molecule has 1 aromatic carbocycles. The Morgan fingerprint density at radius 3 is 1.48 bits per heavy atom. The van der Waals surface area contributed by atoms with Gasteiger partial charge in [0.25, 0.3) is 0 Å². The van der Waals surface area contributed by atoms with Crippen molar-refractivity contribution in [3.05, 3.63) is 59.7 Å². The van der Waals surface area contributed by atoms with Crippen LogP contribution < -0.4 is 0 Å². The quantitative estimate of drug-likeness (QED) is 0.377. The van der Waals surface area contributed by atoms with Crippen molar-refractivity contribution < 1.29 is 51.6 Å². The fraction of sp³-hybridized carbons (Fsp3) is 0.286. The largest absolute Gasteiger partial charge is 2.00 e. The van der Waals surface area contributed by atoms with Gasteiger partial charge in [-0.25, -0.2) is 0 Å². The third kappa shape index (κ3) is 16.0. The normalized spacial score (nSPS) is 13.6. The van der Waals surface area contributed by atoms with E-state index in [0.717, 1.165) is 0 Å². The molecule has 142 valence electrons. The molecule has 0 amide bonds. The molecule has 0 unspecified atom stereocenters. The van der Waals surface area contributed by atoms with Crippen LogP contribution in [0.2, 0.25) is 0 Å². The zero-order chi connectivity index (χ0) is 19.0. The minimum atomic E-state index is -6.00. The van der Waals surface area contributed by atoms with Gasteiger partial charge in [0.05, 0.1) is 0 Å². The Morgan fingerprint density at radius 2 is 1.12 bits per heavy atom. The first-order chi connectivity index (χ1) is 10.8. The van der Waals surface area contributed by atoms with E-state index in [0.29, 0.717) is 11.8 Å². The Kier molecular flexibility index (Phi) is 11.9. The van der Waals surface area contributed by atoms with Gasteiger partial charge in [-0.15, -0.1) is 0 Å². The van der Waals surface area contributed by atoms with Gasteiger partial charge >= 0.3 is 31.6 Å². The minimum absolute atomic E-state index is 0. The van der Waals surface area contributed by atoms with Crippen LogP contribution in [0, 0.1) is 0 Å². The Bertz CT molecular complexity index is 516. The molecule has 0 saturated carbocycles. The first-order valence-corrected chi connectivity index (χ1v) is 6.97. The SMILES string of the molecule is CC(C)c1ccccc1C1C=CC=C1.F[B-](F)(F)F.F[B-](F)(F)F.[Fe+2].